The third kappa shape index (κ3) is 5.78. The molecule has 0 aromatic heterocycles. The van der Waals surface area contributed by atoms with Crippen molar-refractivity contribution in [2.24, 2.45) is 5.92 Å². The monoisotopic (exact) mass is 215 g/mol. The van der Waals surface area contributed by atoms with Gasteiger partial charge in [-0.2, -0.15) is 0 Å². The van der Waals surface area contributed by atoms with Crippen molar-refractivity contribution in [2.45, 2.75) is 52.5 Å². The number of rotatable bonds is 8. The zero-order valence-corrected chi connectivity index (χ0v) is 10.5. The van der Waals surface area contributed by atoms with Gasteiger partial charge in [0.15, 0.2) is 0 Å². The second-order valence-electron chi connectivity index (χ2n) is 4.41. The maximum atomic E-state index is 10.7. The first kappa shape index (κ1) is 14.4. The topological polar surface area (TPSA) is 40.5 Å². The van der Waals surface area contributed by atoms with Gasteiger partial charge in [-0.25, -0.2) is 0 Å². The number of nitrogens with zero attached hydrogens (tertiary/aromatic N) is 1. The molecule has 0 aliphatic rings. The van der Waals surface area contributed by atoms with E-state index in [1.807, 2.05) is 7.05 Å². The van der Waals surface area contributed by atoms with Gasteiger partial charge in [0, 0.05) is 12.6 Å². The molecule has 0 fully saturated rings. The van der Waals surface area contributed by atoms with Crippen LogP contribution in [0.1, 0.15) is 46.5 Å². The summed E-state index contributed by atoms with van der Waals surface area (Å²) in [6.07, 6.45) is 4.65. The van der Waals surface area contributed by atoms with Crippen LogP contribution in [0.3, 0.4) is 0 Å². The molecule has 0 rings (SSSR count). The van der Waals surface area contributed by atoms with E-state index in [0.717, 1.165) is 25.7 Å². The van der Waals surface area contributed by atoms with Gasteiger partial charge >= 0.3 is 5.97 Å². The van der Waals surface area contributed by atoms with E-state index >= 15 is 0 Å². The lowest BCUT2D eigenvalue weighted by atomic mass is 10.0. The first-order valence-corrected chi connectivity index (χ1v) is 5.95. The molecule has 0 saturated heterocycles. The van der Waals surface area contributed by atoms with Crippen LogP contribution in [0.25, 0.3) is 0 Å². The molecule has 90 valence electrons. The fourth-order valence-corrected chi connectivity index (χ4v) is 1.91. The van der Waals surface area contributed by atoms with Crippen molar-refractivity contribution in [3.8, 4) is 0 Å². The van der Waals surface area contributed by atoms with E-state index in [1.165, 1.54) is 0 Å². The molecule has 0 spiro atoms. The predicted octanol–water partition coefficient (Wildman–Crippen LogP) is 2.61. The SMILES string of the molecule is CCCC(CCC)N(C)CC(C)C(=O)O. The minimum absolute atomic E-state index is 0.272. The maximum Gasteiger partial charge on any atom is 0.307 e. The Balaban J connectivity index is 4.11. The van der Waals surface area contributed by atoms with E-state index in [1.54, 1.807) is 6.92 Å². The van der Waals surface area contributed by atoms with Crippen LogP contribution in [0.4, 0.5) is 0 Å². The van der Waals surface area contributed by atoms with Crippen LogP contribution < -0.4 is 0 Å². The highest BCUT2D eigenvalue weighted by Crippen LogP contribution is 2.13. The molecule has 0 aromatic rings. The van der Waals surface area contributed by atoms with E-state index < -0.39 is 5.97 Å². The molecule has 0 radical (unpaired) electrons. The van der Waals surface area contributed by atoms with E-state index in [9.17, 15) is 4.79 Å². The average Bonchev–Trinajstić information content (AvgIpc) is 2.17. The number of hydrogen-bond donors (Lipinski definition) is 1. The Kier molecular flexibility index (Phi) is 7.39. The maximum absolute atomic E-state index is 10.7. The molecule has 15 heavy (non-hydrogen) atoms. The van der Waals surface area contributed by atoms with Crippen molar-refractivity contribution in [3.63, 3.8) is 0 Å². The number of hydrogen-bond acceptors (Lipinski definition) is 2. The Hall–Kier alpha value is -0.570. The summed E-state index contributed by atoms with van der Waals surface area (Å²) in [5, 5.41) is 8.85. The van der Waals surface area contributed by atoms with Crippen LogP contribution in [-0.4, -0.2) is 35.6 Å². The van der Waals surface area contributed by atoms with Gasteiger partial charge in [-0.15, -0.1) is 0 Å². The Bertz CT molecular complexity index is 176. The molecule has 0 bridgehead atoms. The first-order valence-electron chi connectivity index (χ1n) is 5.95. The van der Waals surface area contributed by atoms with E-state index in [4.69, 9.17) is 5.11 Å². The van der Waals surface area contributed by atoms with Crippen LogP contribution in [0.2, 0.25) is 0 Å². The van der Waals surface area contributed by atoms with E-state index in [2.05, 4.69) is 18.7 Å². The molecular formula is C12H25NO2. The summed E-state index contributed by atoms with van der Waals surface area (Å²) >= 11 is 0. The van der Waals surface area contributed by atoms with Crippen LogP contribution in [0.15, 0.2) is 0 Å². The lowest BCUT2D eigenvalue weighted by Crippen LogP contribution is -2.36. The zero-order chi connectivity index (χ0) is 11.8. The van der Waals surface area contributed by atoms with Crippen LogP contribution >= 0.6 is 0 Å². The van der Waals surface area contributed by atoms with E-state index in [-0.39, 0.29) is 5.92 Å². The Morgan fingerprint density at radius 2 is 1.73 bits per heavy atom. The smallest absolute Gasteiger partial charge is 0.307 e. The predicted molar refractivity (Wildman–Crippen MR) is 63.0 cm³/mol. The fourth-order valence-electron chi connectivity index (χ4n) is 1.91. The molecule has 1 N–H and O–H groups in total. The molecule has 0 saturated carbocycles. The van der Waals surface area contributed by atoms with Gasteiger partial charge in [0.1, 0.15) is 0 Å². The molecule has 1 atom stereocenters. The summed E-state index contributed by atoms with van der Waals surface area (Å²) in [5.74, 6) is -0.972. The van der Waals surface area contributed by atoms with Gasteiger partial charge in [-0.3, -0.25) is 4.79 Å². The highest BCUT2D eigenvalue weighted by molar-refractivity contribution is 5.69. The Morgan fingerprint density at radius 3 is 2.07 bits per heavy atom. The first-order chi connectivity index (χ1) is 7.02. The summed E-state index contributed by atoms with van der Waals surface area (Å²) in [5.41, 5.74) is 0. The number of carboxylic acids is 1. The van der Waals surface area contributed by atoms with Crippen LogP contribution in [0.5, 0.6) is 0 Å². The third-order valence-electron chi connectivity index (χ3n) is 2.85. The molecule has 3 heteroatoms. The van der Waals surface area contributed by atoms with Crippen molar-refractivity contribution >= 4 is 5.97 Å². The molecule has 0 heterocycles. The summed E-state index contributed by atoms with van der Waals surface area (Å²) in [7, 11) is 2.04. The summed E-state index contributed by atoms with van der Waals surface area (Å²) in [6, 6.07) is 0.543. The molecule has 3 nitrogen and oxygen atoms in total. The van der Waals surface area contributed by atoms with Gasteiger partial charge in [-0.1, -0.05) is 33.6 Å². The lowest BCUT2D eigenvalue weighted by molar-refractivity contribution is -0.141. The molecular weight excluding hydrogens is 190 g/mol. The summed E-state index contributed by atoms with van der Waals surface area (Å²) < 4.78 is 0. The third-order valence-corrected chi connectivity index (χ3v) is 2.85. The van der Waals surface area contributed by atoms with Crippen molar-refractivity contribution < 1.29 is 9.90 Å². The quantitative estimate of drug-likeness (QED) is 0.676. The van der Waals surface area contributed by atoms with Gasteiger partial charge < -0.3 is 10.0 Å². The van der Waals surface area contributed by atoms with Crippen molar-refractivity contribution in [1.82, 2.24) is 4.90 Å². The molecule has 0 amide bonds. The zero-order valence-electron chi connectivity index (χ0n) is 10.5. The molecule has 1 unspecified atom stereocenters. The molecule has 0 aromatic carbocycles. The van der Waals surface area contributed by atoms with E-state index in [0.29, 0.717) is 12.6 Å². The van der Waals surface area contributed by atoms with Gasteiger partial charge in [-0.05, 0) is 19.9 Å². The highest BCUT2D eigenvalue weighted by Gasteiger charge is 2.18. The number of carbonyl (C=O) groups is 1. The number of carboxylic acid groups (broad SMARTS) is 1. The van der Waals surface area contributed by atoms with Crippen molar-refractivity contribution in [1.29, 1.82) is 0 Å². The normalized spacial score (nSPS) is 13.5. The lowest BCUT2D eigenvalue weighted by Gasteiger charge is -2.29. The van der Waals surface area contributed by atoms with Crippen molar-refractivity contribution in [2.75, 3.05) is 13.6 Å². The highest BCUT2D eigenvalue weighted by atomic mass is 16.4. The number of aliphatic carboxylic acids is 1. The van der Waals surface area contributed by atoms with Crippen LogP contribution in [-0.2, 0) is 4.79 Å². The minimum Gasteiger partial charge on any atom is -0.481 e. The second-order valence-corrected chi connectivity index (χ2v) is 4.41. The molecule has 0 aliphatic carbocycles. The van der Waals surface area contributed by atoms with Gasteiger partial charge in [0.25, 0.3) is 0 Å². The van der Waals surface area contributed by atoms with Crippen molar-refractivity contribution in [3.05, 3.63) is 0 Å². The van der Waals surface area contributed by atoms with Gasteiger partial charge in [0.05, 0.1) is 5.92 Å². The molecule has 0 aliphatic heterocycles. The second kappa shape index (κ2) is 7.69. The largest absolute Gasteiger partial charge is 0.481 e. The summed E-state index contributed by atoms with van der Waals surface area (Å²) in [4.78, 5) is 12.9. The average molecular weight is 215 g/mol. The Morgan fingerprint density at radius 1 is 1.27 bits per heavy atom. The fraction of sp³-hybridized carbons (Fsp3) is 0.917. The standard InChI is InChI=1S/C12H25NO2/c1-5-7-11(8-6-2)13(4)9-10(3)12(14)15/h10-11H,5-9H2,1-4H3,(H,14,15). The minimum atomic E-state index is -0.700. The summed E-state index contributed by atoms with van der Waals surface area (Å²) in [6.45, 7) is 6.78. The van der Waals surface area contributed by atoms with Gasteiger partial charge in [0.2, 0.25) is 0 Å². The van der Waals surface area contributed by atoms with Crippen LogP contribution in [0, 0.1) is 5.92 Å². The Labute approximate surface area is 93.5 Å².